The van der Waals surface area contributed by atoms with Gasteiger partial charge in [-0.3, -0.25) is 0 Å². The van der Waals surface area contributed by atoms with Crippen molar-refractivity contribution < 1.29 is 4.74 Å². The van der Waals surface area contributed by atoms with Crippen LogP contribution in [0.15, 0.2) is 0 Å². The quantitative estimate of drug-likeness (QED) is 0.710. The number of halogens is 1. The third-order valence-electron chi connectivity index (χ3n) is 2.84. The van der Waals surface area contributed by atoms with Gasteiger partial charge in [-0.1, -0.05) is 15.9 Å². The summed E-state index contributed by atoms with van der Waals surface area (Å²) in [6, 6.07) is 0. The van der Waals surface area contributed by atoms with Gasteiger partial charge in [-0.15, -0.1) is 0 Å². The van der Waals surface area contributed by atoms with Crippen LogP contribution >= 0.6 is 15.9 Å². The number of alkyl halides is 1. The second-order valence-electron chi connectivity index (χ2n) is 4.08. The molecule has 0 saturated carbocycles. The van der Waals surface area contributed by atoms with Crippen molar-refractivity contribution in [3.63, 3.8) is 0 Å². The van der Waals surface area contributed by atoms with Gasteiger partial charge >= 0.3 is 0 Å². The van der Waals surface area contributed by atoms with Gasteiger partial charge in [-0.05, 0) is 39.3 Å². The molecule has 1 aliphatic heterocycles. The van der Waals surface area contributed by atoms with Crippen LogP contribution in [0.1, 0.15) is 26.2 Å². The molecule has 1 fully saturated rings. The van der Waals surface area contributed by atoms with E-state index in [-0.39, 0.29) is 5.60 Å². The Morgan fingerprint density at radius 3 is 2.92 bits per heavy atom. The maximum Gasteiger partial charge on any atom is 0.0777 e. The van der Waals surface area contributed by atoms with Gasteiger partial charge in [-0.2, -0.15) is 0 Å². The third kappa shape index (κ3) is 3.56. The molecule has 13 heavy (non-hydrogen) atoms. The molecule has 0 radical (unpaired) electrons. The van der Waals surface area contributed by atoms with Crippen LogP contribution < -0.4 is 0 Å². The molecule has 0 aromatic heterocycles. The zero-order valence-electron chi connectivity index (χ0n) is 8.68. The van der Waals surface area contributed by atoms with Crippen molar-refractivity contribution >= 4 is 15.9 Å². The molecule has 0 aliphatic carbocycles. The Morgan fingerprint density at radius 2 is 2.31 bits per heavy atom. The van der Waals surface area contributed by atoms with Crippen LogP contribution in [0.4, 0.5) is 0 Å². The van der Waals surface area contributed by atoms with Crippen LogP contribution in [0.5, 0.6) is 0 Å². The average Bonchev–Trinajstić information content (AvgIpc) is 2.15. The highest BCUT2D eigenvalue weighted by molar-refractivity contribution is 9.09. The number of rotatable bonds is 4. The first-order valence-corrected chi connectivity index (χ1v) is 6.16. The summed E-state index contributed by atoms with van der Waals surface area (Å²) in [7, 11) is 1.83. The molecule has 0 aromatic carbocycles. The molecule has 0 aromatic rings. The molecule has 1 saturated heterocycles. The first-order valence-electron chi connectivity index (χ1n) is 5.04. The van der Waals surface area contributed by atoms with E-state index in [4.69, 9.17) is 4.74 Å². The fraction of sp³-hybridized carbons (Fsp3) is 1.00. The molecule has 1 atom stereocenters. The van der Waals surface area contributed by atoms with Crippen molar-refractivity contribution in [2.45, 2.75) is 31.8 Å². The van der Waals surface area contributed by atoms with E-state index in [1.54, 1.807) is 0 Å². The molecule has 3 heteroatoms. The van der Waals surface area contributed by atoms with E-state index in [2.05, 4.69) is 27.8 Å². The highest BCUT2D eigenvalue weighted by Gasteiger charge is 2.29. The van der Waals surface area contributed by atoms with E-state index in [1.807, 2.05) is 7.11 Å². The number of methoxy groups -OCH3 is 1. The molecule has 2 nitrogen and oxygen atoms in total. The third-order valence-corrected chi connectivity index (χ3v) is 3.40. The molecular formula is C10H20BrNO. The molecule has 0 spiro atoms. The Kier molecular flexibility index (Phi) is 4.70. The zero-order chi connectivity index (χ0) is 9.73. The molecule has 0 bridgehead atoms. The van der Waals surface area contributed by atoms with Crippen molar-refractivity contribution in [3.8, 4) is 0 Å². The second-order valence-corrected chi connectivity index (χ2v) is 4.87. The lowest BCUT2D eigenvalue weighted by atomic mass is 9.95. The Labute approximate surface area is 89.8 Å². The number of ether oxygens (including phenoxy) is 1. The summed E-state index contributed by atoms with van der Waals surface area (Å²) in [5.74, 6) is 0. The molecule has 1 unspecified atom stereocenters. The SMILES string of the molecule is COC1(C)CCCN(CCCBr)C1. The summed E-state index contributed by atoms with van der Waals surface area (Å²) in [6.45, 7) is 5.75. The largest absolute Gasteiger partial charge is 0.377 e. The fourth-order valence-electron chi connectivity index (χ4n) is 1.95. The molecule has 78 valence electrons. The maximum atomic E-state index is 5.54. The van der Waals surface area contributed by atoms with Crippen LogP contribution in [0.3, 0.4) is 0 Å². The van der Waals surface area contributed by atoms with Crippen molar-refractivity contribution in [3.05, 3.63) is 0 Å². The number of piperidine rings is 1. The average molecular weight is 250 g/mol. The summed E-state index contributed by atoms with van der Waals surface area (Å²) >= 11 is 3.46. The minimum Gasteiger partial charge on any atom is -0.377 e. The summed E-state index contributed by atoms with van der Waals surface area (Å²) < 4.78 is 5.54. The smallest absolute Gasteiger partial charge is 0.0777 e. The van der Waals surface area contributed by atoms with Gasteiger partial charge in [0.25, 0.3) is 0 Å². The van der Waals surface area contributed by atoms with Crippen LogP contribution in [-0.4, -0.2) is 42.6 Å². The minimum absolute atomic E-state index is 0.102. The molecule has 1 aliphatic rings. The molecule has 1 rings (SSSR count). The zero-order valence-corrected chi connectivity index (χ0v) is 10.3. The fourth-order valence-corrected chi connectivity index (χ4v) is 2.20. The number of nitrogens with zero attached hydrogens (tertiary/aromatic N) is 1. The van der Waals surface area contributed by atoms with Crippen molar-refractivity contribution in [1.29, 1.82) is 0 Å². The van der Waals surface area contributed by atoms with Crippen LogP contribution in [-0.2, 0) is 4.74 Å². The predicted octanol–water partition coefficient (Wildman–Crippen LogP) is 2.27. The van der Waals surface area contributed by atoms with E-state index in [1.165, 1.54) is 32.4 Å². The van der Waals surface area contributed by atoms with Crippen LogP contribution in [0.2, 0.25) is 0 Å². The summed E-state index contributed by atoms with van der Waals surface area (Å²) in [6.07, 6.45) is 3.71. The molecular weight excluding hydrogens is 230 g/mol. The number of hydrogen-bond acceptors (Lipinski definition) is 2. The van der Waals surface area contributed by atoms with Gasteiger partial charge in [-0.25, -0.2) is 0 Å². The standard InChI is InChI=1S/C10H20BrNO/c1-10(13-2)5-3-7-12(9-10)8-4-6-11/h3-9H2,1-2H3. The van der Waals surface area contributed by atoms with Crippen molar-refractivity contribution in [2.75, 3.05) is 32.1 Å². The maximum absolute atomic E-state index is 5.54. The normalized spacial score (nSPS) is 30.7. The lowest BCUT2D eigenvalue weighted by Crippen LogP contribution is -2.47. The molecule has 0 amide bonds. The number of hydrogen-bond donors (Lipinski definition) is 0. The molecule has 0 N–H and O–H groups in total. The Balaban J connectivity index is 2.33. The monoisotopic (exact) mass is 249 g/mol. The minimum atomic E-state index is 0.102. The van der Waals surface area contributed by atoms with Gasteiger partial charge in [0.1, 0.15) is 0 Å². The van der Waals surface area contributed by atoms with Gasteiger partial charge in [0, 0.05) is 19.0 Å². The first kappa shape index (κ1) is 11.5. The summed E-state index contributed by atoms with van der Waals surface area (Å²) in [4.78, 5) is 2.51. The lowest BCUT2D eigenvalue weighted by molar-refractivity contribution is -0.0504. The van der Waals surface area contributed by atoms with E-state index in [0.29, 0.717) is 0 Å². The van der Waals surface area contributed by atoms with Gasteiger partial charge in [0.2, 0.25) is 0 Å². The van der Waals surface area contributed by atoms with Gasteiger partial charge in [0.05, 0.1) is 5.60 Å². The summed E-state index contributed by atoms with van der Waals surface area (Å²) in [5, 5.41) is 1.10. The van der Waals surface area contributed by atoms with Crippen LogP contribution in [0, 0.1) is 0 Å². The second kappa shape index (κ2) is 5.32. The Hall–Kier alpha value is 0.400. The summed E-state index contributed by atoms with van der Waals surface area (Å²) in [5.41, 5.74) is 0.102. The van der Waals surface area contributed by atoms with E-state index in [9.17, 15) is 0 Å². The van der Waals surface area contributed by atoms with E-state index >= 15 is 0 Å². The van der Waals surface area contributed by atoms with Crippen molar-refractivity contribution in [1.82, 2.24) is 4.90 Å². The van der Waals surface area contributed by atoms with Gasteiger partial charge < -0.3 is 9.64 Å². The van der Waals surface area contributed by atoms with Crippen LogP contribution in [0.25, 0.3) is 0 Å². The van der Waals surface area contributed by atoms with E-state index in [0.717, 1.165) is 11.9 Å². The highest BCUT2D eigenvalue weighted by atomic mass is 79.9. The predicted molar refractivity (Wildman–Crippen MR) is 59.5 cm³/mol. The Morgan fingerprint density at radius 1 is 1.54 bits per heavy atom. The first-order chi connectivity index (χ1) is 6.20. The van der Waals surface area contributed by atoms with E-state index < -0.39 is 0 Å². The Bertz CT molecular complexity index is 154. The van der Waals surface area contributed by atoms with Crippen molar-refractivity contribution in [2.24, 2.45) is 0 Å². The van der Waals surface area contributed by atoms with Gasteiger partial charge in [0.15, 0.2) is 0 Å². The lowest BCUT2D eigenvalue weighted by Gasteiger charge is -2.39. The molecule has 1 heterocycles. The topological polar surface area (TPSA) is 12.5 Å². The highest BCUT2D eigenvalue weighted by Crippen LogP contribution is 2.23. The number of likely N-dealkylation sites (tertiary alicyclic amines) is 1.